The number of rotatable bonds is 6. The van der Waals surface area contributed by atoms with Crippen molar-refractivity contribution in [3.8, 4) is 5.75 Å². The molecule has 0 unspecified atom stereocenters. The van der Waals surface area contributed by atoms with Gasteiger partial charge in [-0.2, -0.15) is 0 Å². The summed E-state index contributed by atoms with van der Waals surface area (Å²) in [4.78, 5) is 13.0. The SMILES string of the molecule is [2H]c1c(C(=O)c2ccc(OC)cc2)c2ccccc2n1CCC=C. The van der Waals surface area contributed by atoms with Gasteiger partial charge < -0.3 is 9.30 Å². The van der Waals surface area contributed by atoms with Gasteiger partial charge in [0.05, 0.1) is 8.48 Å². The van der Waals surface area contributed by atoms with E-state index in [9.17, 15) is 4.79 Å². The quantitative estimate of drug-likeness (QED) is 0.497. The highest BCUT2D eigenvalue weighted by Crippen LogP contribution is 2.25. The van der Waals surface area contributed by atoms with Gasteiger partial charge in [-0.3, -0.25) is 4.79 Å². The van der Waals surface area contributed by atoms with Crippen LogP contribution in [0.1, 0.15) is 23.7 Å². The largest absolute Gasteiger partial charge is 0.497 e. The van der Waals surface area contributed by atoms with Crippen LogP contribution in [0.5, 0.6) is 5.75 Å². The van der Waals surface area contributed by atoms with Crippen molar-refractivity contribution in [3.05, 3.63) is 78.5 Å². The minimum Gasteiger partial charge on any atom is -0.497 e. The van der Waals surface area contributed by atoms with Crippen LogP contribution >= 0.6 is 0 Å². The molecule has 0 aliphatic heterocycles. The van der Waals surface area contributed by atoms with Gasteiger partial charge in [0.25, 0.3) is 0 Å². The van der Waals surface area contributed by atoms with Gasteiger partial charge in [0.15, 0.2) is 5.78 Å². The van der Waals surface area contributed by atoms with Crippen LogP contribution in [0.25, 0.3) is 10.9 Å². The van der Waals surface area contributed by atoms with Crippen molar-refractivity contribution in [2.45, 2.75) is 13.0 Å². The predicted molar refractivity (Wildman–Crippen MR) is 93.2 cm³/mol. The van der Waals surface area contributed by atoms with E-state index in [-0.39, 0.29) is 12.0 Å². The maximum Gasteiger partial charge on any atom is 0.195 e. The van der Waals surface area contributed by atoms with Crippen LogP contribution in [0.2, 0.25) is 0 Å². The number of hydrogen-bond donors (Lipinski definition) is 0. The lowest BCUT2D eigenvalue weighted by molar-refractivity contribution is 0.104. The molecule has 3 heteroatoms. The molecule has 0 fully saturated rings. The molecule has 3 nitrogen and oxygen atoms in total. The van der Waals surface area contributed by atoms with E-state index < -0.39 is 0 Å². The van der Waals surface area contributed by atoms with E-state index >= 15 is 0 Å². The van der Waals surface area contributed by atoms with E-state index in [1.54, 1.807) is 31.4 Å². The molecule has 0 aliphatic carbocycles. The van der Waals surface area contributed by atoms with E-state index in [1.165, 1.54) is 0 Å². The Balaban J connectivity index is 2.12. The van der Waals surface area contributed by atoms with Gasteiger partial charge in [-0.15, -0.1) is 6.58 Å². The molecule has 3 aromatic rings. The third kappa shape index (κ3) is 2.90. The standard InChI is InChI=1S/C20H19NO2/c1-3-4-13-21-14-18(17-7-5-6-8-19(17)21)20(22)15-9-11-16(23-2)12-10-15/h3,5-12,14H,1,4,13H2,2H3/i14D. The number of fused-ring (bicyclic) bond motifs is 1. The van der Waals surface area contributed by atoms with Crippen LogP contribution in [-0.2, 0) is 6.54 Å². The number of para-hydroxylation sites is 1. The fourth-order valence-electron chi connectivity index (χ4n) is 2.63. The van der Waals surface area contributed by atoms with E-state index in [1.807, 2.05) is 34.9 Å². The second-order valence-corrected chi connectivity index (χ2v) is 5.29. The molecule has 2 aromatic carbocycles. The lowest BCUT2D eigenvalue weighted by Gasteiger charge is -2.02. The maximum atomic E-state index is 13.0. The van der Waals surface area contributed by atoms with E-state index in [0.717, 1.165) is 17.3 Å². The van der Waals surface area contributed by atoms with Gasteiger partial charge in [0.2, 0.25) is 0 Å². The third-order valence-electron chi connectivity index (χ3n) is 3.85. The second kappa shape index (κ2) is 6.53. The maximum absolute atomic E-state index is 13.0. The molecule has 1 aromatic heterocycles. The molecule has 0 saturated carbocycles. The highest BCUT2D eigenvalue weighted by atomic mass is 16.5. The number of carbonyl (C=O) groups excluding carboxylic acids is 1. The molecule has 0 N–H and O–H groups in total. The zero-order valence-electron chi connectivity index (χ0n) is 14.1. The topological polar surface area (TPSA) is 31.2 Å². The molecular weight excluding hydrogens is 286 g/mol. The van der Waals surface area contributed by atoms with Crippen molar-refractivity contribution in [1.29, 1.82) is 0 Å². The van der Waals surface area contributed by atoms with Crippen LogP contribution in [-0.4, -0.2) is 17.5 Å². The number of aryl methyl sites for hydroxylation is 1. The summed E-state index contributed by atoms with van der Waals surface area (Å²) in [6, 6.07) is 14.6. The number of hydrogen-bond acceptors (Lipinski definition) is 2. The molecule has 0 radical (unpaired) electrons. The van der Waals surface area contributed by atoms with E-state index in [4.69, 9.17) is 6.11 Å². The Hall–Kier alpha value is -2.81. The summed E-state index contributed by atoms with van der Waals surface area (Å²) in [5, 5.41) is 0.812. The Morgan fingerprint density at radius 2 is 2.00 bits per heavy atom. The van der Waals surface area contributed by atoms with Gasteiger partial charge in [-0.05, 0) is 36.8 Å². The van der Waals surface area contributed by atoms with Gasteiger partial charge >= 0.3 is 0 Å². The number of aromatic nitrogens is 1. The fraction of sp³-hybridized carbons (Fsp3) is 0.150. The van der Waals surface area contributed by atoms with Crippen molar-refractivity contribution in [2.75, 3.05) is 7.11 Å². The van der Waals surface area contributed by atoms with Crippen LogP contribution in [0, 0.1) is 0 Å². The molecule has 116 valence electrons. The third-order valence-corrected chi connectivity index (χ3v) is 3.85. The summed E-state index contributed by atoms with van der Waals surface area (Å²) >= 11 is 0. The molecule has 1 heterocycles. The minimum absolute atomic E-state index is 0.142. The summed E-state index contributed by atoms with van der Waals surface area (Å²) in [5.41, 5.74) is 1.90. The number of benzene rings is 2. The summed E-state index contributed by atoms with van der Waals surface area (Å²) in [6.45, 7) is 4.38. The Bertz CT molecular complexity index is 894. The van der Waals surface area contributed by atoms with Crippen LogP contribution in [0.4, 0.5) is 0 Å². The minimum atomic E-state index is -0.142. The number of allylic oxidation sites excluding steroid dienone is 1. The zero-order valence-corrected chi connectivity index (χ0v) is 13.1. The smallest absolute Gasteiger partial charge is 0.195 e. The number of ketones is 1. The Labute approximate surface area is 137 Å². The Morgan fingerprint density at radius 3 is 2.70 bits per heavy atom. The molecule has 0 amide bonds. The normalized spacial score (nSPS) is 11.3. The second-order valence-electron chi connectivity index (χ2n) is 5.29. The highest BCUT2D eigenvalue weighted by molar-refractivity contribution is 6.16. The molecule has 0 saturated heterocycles. The molecule has 0 spiro atoms. The summed E-state index contributed by atoms with van der Waals surface area (Å²) < 4.78 is 15.5. The first-order valence-corrected chi connectivity index (χ1v) is 7.55. The Morgan fingerprint density at radius 1 is 1.26 bits per heavy atom. The molecule has 0 atom stereocenters. The van der Waals surface area contributed by atoms with E-state index in [2.05, 4.69) is 6.58 Å². The van der Waals surface area contributed by atoms with Crippen LogP contribution < -0.4 is 4.74 Å². The number of nitrogens with zero attached hydrogens (tertiary/aromatic N) is 1. The van der Waals surface area contributed by atoms with Gasteiger partial charge in [0.1, 0.15) is 5.75 Å². The van der Waals surface area contributed by atoms with Gasteiger partial charge in [0, 0.05) is 34.7 Å². The summed E-state index contributed by atoms with van der Waals surface area (Å²) in [7, 11) is 1.59. The van der Waals surface area contributed by atoms with Crippen molar-refractivity contribution in [1.82, 2.24) is 4.57 Å². The summed E-state index contributed by atoms with van der Waals surface area (Å²) in [5.74, 6) is 0.558. The first kappa shape index (κ1) is 13.8. The average Bonchev–Trinajstić information content (AvgIpc) is 2.91. The Kier molecular flexibility index (Phi) is 3.92. The van der Waals surface area contributed by atoms with Crippen molar-refractivity contribution < 1.29 is 10.9 Å². The van der Waals surface area contributed by atoms with Crippen molar-refractivity contribution in [2.24, 2.45) is 0 Å². The summed E-state index contributed by atoms with van der Waals surface area (Å²) in [6.07, 6.45) is 2.82. The van der Waals surface area contributed by atoms with Crippen molar-refractivity contribution in [3.63, 3.8) is 0 Å². The first-order valence-electron chi connectivity index (χ1n) is 8.05. The molecule has 0 bridgehead atoms. The fourth-order valence-corrected chi connectivity index (χ4v) is 2.63. The van der Waals surface area contributed by atoms with Crippen LogP contribution in [0.3, 0.4) is 0 Å². The lowest BCUT2D eigenvalue weighted by Crippen LogP contribution is -2.01. The number of methoxy groups -OCH3 is 1. The number of ether oxygens (including phenoxy) is 1. The average molecular weight is 306 g/mol. The van der Waals surface area contributed by atoms with Gasteiger partial charge in [-0.1, -0.05) is 24.3 Å². The molecule has 3 rings (SSSR count). The monoisotopic (exact) mass is 306 g/mol. The molecule has 23 heavy (non-hydrogen) atoms. The zero-order chi connectivity index (χ0) is 17.1. The van der Waals surface area contributed by atoms with E-state index in [0.29, 0.717) is 23.4 Å². The number of carbonyl (C=O) groups is 1. The molecular formula is C20H19NO2. The lowest BCUT2D eigenvalue weighted by atomic mass is 10.0. The highest BCUT2D eigenvalue weighted by Gasteiger charge is 2.16. The predicted octanol–water partition coefficient (Wildman–Crippen LogP) is 4.46. The first-order chi connectivity index (χ1) is 11.7. The molecule has 0 aliphatic rings. The van der Waals surface area contributed by atoms with Gasteiger partial charge in [-0.25, -0.2) is 0 Å². The van der Waals surface area contributed by atoms with Crippen LogP contribution in [0.15, 0.2) is 67.4 Å². The van der Waals surface area contributed by atoms with Crippen molar-refractivity contribution >= 4 is 16.7 Å².